The molecule has 3 amide bonds. The van der Waals surface area contributed by atoms with E-state index in [0.717, 1.165) is 5.56 Å². The SMILES string of the molecule is COc1cccc(CN2C(=O)O[C@H](c3ccc(NC(C)=O)cc3)[C@H]2C(=O)Nc2ccccc2)c1. The van der Waals surface area contributed by atoms with Gasteiger partial charge in [0.05, 0.1) is 13.7 Å². The van der Waals surface area contributed by atoms with E-state index in [2.05, 4.69) is 10.6 Å². The number of nitrogens with one attached hydrogen (secondary N) is 2. The van der Waals surface area contributed by atoms with Gasteiger partial charge in [0.25, 0.3) is 5.91 Å². The second-order valence-electron chi connectivity index (χ2n) is 7.89. The van der Waals surface area contributed by atoms with Gasteiger partial charge in [-0.25, -0.2) is 4.79 Å². The van der Waals surface area contributed by atoms with Gasteiger partial charge in [-0.05, 0) is 47.5 Å². The van der Waals surface area contributed by atoms with Crippen LogP contribution in [0.25, 0.3) is 0 Å². The lowest BCUT2D eigenvalue weighted by Gasteiger charge is -2.24. The van der Waals surface area contributed by atoms with Crippen molar-refractivity contribution in [2.75, 3.05) is 17.7 Å². The van der Waals surface area contributed by atoms with E-state index in [1.54, 1.807) is 43.5 Å². The van der Waals surface area contributed by atoms with E-state index in [4.69, 9.17) is 9.47 Å². The van der Waals surface area contributed by atoms with Crippen LogP contribution in [0.4, 0.5) is 16.2 Å². The molecule has 8 heteroatoms. The van der Waals surface area contributed by atoms with Gasteiger partial charge in [-0.2, -0.15) is 0 Å². The van der Waals surface area contributed by atoms with Crippen molar-refractivity contribution in [3.05, 3.63) is 90.0 Å². The smallest absolute Gasteiger partial charge is 0.411 e. The van der Waals surface area contributed by atoms with Gasteiger partial charge < -0.3 is 20.1 Å². The Hall–Kier alpha value is -4.33. The summed E-state index contributed by atoms with van der Waals surface area (Å²) in [4.78, 5) is 39.1. The lowest BCUT2D eigenvalue weighted by Crippen LogP contribution is -2.43. The van der Waals surface area contributed by atoms with E-state index in [-0.39, 0.29) is 18.4 Å². The Kier molecular flexibility index (Phi) is 6.77. The fourth-order valence-corrected chi connectivity index (χ4v) is 3.87. The van der Waals surface area contributed by atoms with Crippen LogP contribution in [0.1, 0.15) is 24.2 Å². The van der Waals surface area contributed by atoms with Crippen molar-refractivity contribution in [1.82, 2.24) is 4.90 Å². The molecule has 2 N–H and O–H groups in total. The minimum Gasteiger partial charge on any atom is -0.497 e. The molecule has 3 aromatic carbocycles. The molecule has 1 saturated heterocycles. The normalized spacial score (nSPS) is 17.1. The number of ether oxygens (including phenoxy) is 2. The largest absolute Gasteiger partial charge is 0.497 e. The topological polar surface area (TPSA) is 97.0 Å². The van der Waals surface area contributed by atoms with Gasteiger partial charge in [-0.3, -0.25) is 14.5 Å². The molecule has 0 aromatic heterocycles. The molecule has 8 nitrogen and oxygen atoms in total. The van der Waals surface area contributed by atoms with Crippen molar-refractivity contribution in [2.45, 2.75) is 25.6 Å². The van der Waals surface area contributed by atoms with Crippen molar-refractivity contribution in [1.29, 1.82) is 0 Å². The molecule has 1 fully saturated rings. The number of benzene rings is 3. The number of carbonyl (C=O) groups excluding carboxylic acids is 3. The third kappa shape index (κ3) is 5.17. The Morgan fingerprint density at radius 1 is 0.941 bits per heavy atom. The van der Waals surface area contributed by atoms with Crippen LogP contribution in [0.2, 0.25) is 0 Å². The van der Waals surface area contributed by atoms with Crippen LogP contribution in [0.15, 0.2) is 78.9 Å². The third-order valence-electron chi connectivity index (χ3n) is 5.44. The molecule has 4 rings (SSSR count). The zero-order valence-corrected chi connectivity index (χ0v) is 18.9. The summed E-state index contributed by atoms with van der Waals surface area (Å²) in [5.74, 6) is 0.0981. The van der Waals surface area contributed by atoms with Crippen LogP contribution in [0.5, 0.6) is 5.75 Å². The summed E-state index contributed by atoms with van der Waals surface area (Å²) < 4.78 is 11.0. The van der Waals surface area contributed by atoms with Crippen LogP contribution in [0.3, 0.4) is 0 Å². The Morgan fingerprint density at radius 3 is 2.32 bits per heavy atom. The van der Waals surface area contributed by atoms with Crippen molar-refractivity contribution >= 4 is 29.3 Å². The van der Waals surface area contributed by atoms with E-state index in [1.807, 2.05) is 42.5 Å². The first kappa shape index (κ1) is 22.8. The highest BCUT2D eigenvalue weighted by molar-refractivity contribution is 5.98. The molecule has 1 heterocycles. The molecule has 1 aliphatic rings. The van der Waals surface area contributed by atoms with Crippen LogP contribution in [-0.4, -0.2) is 36.0 Å². The average Bonchev–Trinajstić information content (AvgIpc) is 3.16. The molecular formula is C26H25N3O5. The number of para-hydroxylation sites is 1. The lowest BCUT2D eigenvalue weighted by atomic mass is 10.00. The molecule has 0 spiro atoms. The maximum Gasteiger partial charge on any atom is 0.411 e. The zero-order chi connectivity index (χ0) is 24.1. The fourth-order valence-electron chi connectivity index (χ4n) is 3.87. The van der Waals surface area contributed by atoms with E-state index < -0.39 is 18.2 Å². The standard InChI is InChI=1S/C26H25N3O5/c1-17(30)27-21-13-11-19(12-14-21)24-23(25(31)28-20-8-4-3-5-9-20)29(26(32)34-24)16-18-7-6-10-22(15-18)33-2/h3-15,23-24H,16H2,1-2H3,(H,27,30)(H,28,31)/t23-,24+/m0/s1. The van der Waals surface area contributed by atoms with Crippen molar-refractivity contribution in [2.24, 2.45) is 0 Å². The van der Waals surface area contributed by atoms with E-state index in [0.29, 0.717) is 22.7 Å². The quantitative estimate of drug-likeness (QED) is 0.547. The van der Waals surface area contributed by atoms with Gasteiger partial charge in [0.2, 0.25) is 5.91 Å². The number of cyclic esters (lactones) is 1. The summed E-state index contributed by atoms with van der Waals surface area (Å²) in [6.07, 6.45) is -1.42. The van der Waals surface area contributed by atoms with Gasteiger partial charge in [-0.15, -0.1) is 0 Å². The number of methoxy groups -OCH3 is 1. The Labute approximate surface area is 197 Å². The Morgan fingerprint density at radius 2 is 1.65 bits per heavy atom. The van der Waals surface area contributed by atoms with Gasteiger partial charge in [0, 0.05) is 18.3 Å². The van der Waals surface area contributed by atoms with Crippen LogP contribution >= 0.6 is 0 Å². The highest BCUT2D eigenvalue weighted by atomic mass is 16.6. The molecule has 34 heavy (non-hydrogen) atoms. The molecule has 174 valence electrons. The zero-order valence-electron chi connectivity index (χ0n) is 18.9. The summed E-state index contributed by atoms with van der Waals surface area (Å²) in [6, 6.07) is 22.3. The molecule has 3 aromatic rings. The molecule has 0 saturated carbocycles. The minimum absolute atomic E-state index is 0.170. The van der Waals surface area contributed by atoms with Crippen LogP contribution in [-0.2, 0) is 20.9 Å². The molecule has 0 aliphatic carbocycles. The summed E-state index contributed by atoms with van der Waals surface area (Å²) in [6.45, 7) is 1.59. The van der Waals surface area contributed by atoms with Crippen molar-refractivity contribution in [3.63, 3.8) is 0 Å². The number of hydrogen-bond donors (Lipinski definition) is 2. The molecule has 2 atom stereocenters. The average molecular weight is 460 g/mol. The third-order valence-corrected chi connectivity index (χ3v) is 5.44. The van der Waals surface area contributed by atoms with E-state index in [1.165, 1.54) is 11.8 Å². The van der Waals surface area contributed by atoms with Gasteiger partial charge in [-0.1, -0.05) is 42.5 Å². The highest BCUT2D eigenvalue weighted by Crippen LogP contribution is 2.35. The van der Waals surface area contributed by atoms with Gasteiger partial charge >= 0.3 is 6.09 Å². The molecule has 0 radical (unpaired) electrons. The molecule has 1 aliphatic heterocycles. The Bertz CT molecular complexity index is 1180. The fraction of sp³-hybridized carbons (Fsp3) is 0.192. The number of nitrogens with zero attached hydrogens (tertiary/aromatic N) is 1. The van der Waals surface area contributed by atoms with Crippen molar-refractivity contribution in [3.8, 4) is 5.75 Å². The minimum atomic E-state index is -0.912. The Balaban J connectivity index is 1.64. The molecule has 0 bridgehead atoms. The van der Waals surface area contributed by atoms with Crippen LogP contribution < -0.4 is 15.4 Å². The van der Waals surface area contributed by atoms with E-state index in [9.17, 15) is 14.4 Å². The number of anilines is 2. The van der Waals surface area contributed by atoms with Gasteiger partial charge in [0.1, 0.15) is 5.75 Å². The summed E-state index contributed by atoms with van der Waals surface area (Å²) in [5, 5.41) is 5.59. The summed E-state index contributed by atoms with van der Waals surface area (Å²) in [5.41, 5.74) is 2.67. The monoisotopic (exact) mass is 459 g/mol. The first-order valence-corrected chi connectivity index (χ1v) is 10.8. The predicted octanol–water partition coefficient (Wildman–Crippen LogP) is 4.35. The van der Waals surface area contributed by atoms with Gasteiger partial charge in [0.15, 0.2) is 12.1 Å². The van der Waals surface area contributed by atoms with Crippen molar-refractivity contribution < 1.29 is 23.9 Å². The first-order valence-electron chi connectivity index (χ1n) is 10.8. The second kappa shape index (κ2) is 10.1. The van der Waals surface area contributed by atoms with E-state index >= 15 is 0 Å². The second-order valence-corrected chi connectivity index (χ2v) is 7.89. The highest BCUT2D eigenvalue weighted by Gasteiger charge is 2.47. The van der Waals surface area contributed by atoms with Crippen LogP contribution in [0, 0.1) is 0 Å². The summed E-state index contributed by atoms with van der Waals surface area (Å²) >= 11 is 0. The number of carbonyl (C=O) groups is 3. The summed E-state index contributed by atoms with van der Waals surface area (Å²) in [7, 11) is 1.57. The predicted molar refractivity (Wildman–Crippen MR) is 127 cm³/mol. The number of hydrogen-bond acceptors (Lipinski definition) is 5. The lowest BCUT2D eigenvalue weighted by molar-refractivity contribution is -0.121. The molecule has 0 unspecified atom stereocenters. The first-order chi connectivity index (χ1) is 16.4. The number of rotatable bonds is 7. The maximum atomic E-state index is 13.4. The maximum absolute atomic E-state index is 13.4. The number of amides is 3. The molecular weight excluding hydrogens is 434 g/mol.